The van der Waals surface area contributed by atoms with Gasteiger partial charge >= 0.3 is 0 Å². The van der Waals surface area contributed by atoms with Crippen molar-refractivity contribution < 1.29 is 5.11 Å². The minimum atomic E-state index is -0.651. The number of hydrogen-bond acceptors (Lipinski definition) is 2. The molecule has 0 saturated heterocycles. The molecule has 3 nitrogen and oxygen atoms in total. The topological polar surface area (TPSA) is 38.0 Å². The molecular weight excluding hydrogens is 304 g/mol. The van der Waals surface area contributed by atoms with Crippen molar-refractivity contribution >= 4 is 27.5 Å². The van der Waals surface area contributed by atoms with E-state index in [9.17, 15) is 5.11 Å². The fourth-order valence-electron chi connectivity index (χ4n) is 1.69. The Bertz CT molecular complexity index is 527. The summed E-state index contributed by atoms with van der Waals surface area (Å²) in [5, 5.41) is 10.6. The lowest BCUT2D eigenvalue weighted by atomic mass is 10.1. The molecule has 2 rings (SSSR count). The summed E-state index contributed by atoms with van der Waals surface area (Å²) >= 11 is 9.29. The lowest BCUT2D eigenvalue weighted by Crippen LogP contribution is -2.08. The first-order chi connectivity index (χ1) is 8.08. The summed E-state index contributed by atoms with van der Waals surface area (Å²) in [5.41, 5.74) is 1.05. The van der Waals surface area contributed by atoms with Crippen molar-refractivity contribution in [3.63, 3.8) is 0 Å². The molecule has 0 aliphatic heterocycles. The van der Waals surface area contributed by atoms with E-state index in [-0.39, 0.29) is 0 Å². The highest BCUT2D eigenvalue weighted by atomic mass is 79.9. The predicted molar refractivity (Wildman–Crippen MR) is 71.0 cm³/mol. The maximum atomic E-state index is 10.1. The van der Waals surface area contributed by atoms with Crippen LogP contribution >= 0.6 is 27.5 Å². The van der Waals surface area contributed by atoms with E-state index in [4.69, 9.17) is 11.6 Å². The van der Waals surface area contributed by atoms with Gasteiger partial charge in [-0.3, -0.25) is 0 Å². The SMILES string of the molecule is Cn1c(Cl)cnc1C(O)Cc1cccc(Br)c1. The lowest BCUT2D eigenvalue weighted by Gasteiger charge is -2.11. The quantitative estimate of drug-likeness (QED) is 0.945. The van der Waals surface area contributed by atoms with E-state index < -0.39 is 6.10 Å². The van der Waals surface area contributed by atoms with Gasteiger partial charge in [0.15, 0.2) is 0 Å². The standard InChI is InChI=1S/C12H12BrClN2O/c1-16-11(14)7-15-12(16)10(17)6-8-3-2-4-9(13)5-8/h2-5,7,10,17H,6H2,1H3. The van der Waals surface area contributed by atoms with Crippen molar-refractivity contribution in [3.8, 4) is 0 Å². The van der Waals surface area contributed by atoms with Crippen molar-refractivity contribution in [1.29, 1.82) is 0 Å². The molecule has 0 aliphatic rings. The van der Waals surface area contributed by atoms with Crippen LogP contribution in [-0.2, 0) is 13.5 Å². The van der Waals surface area contributed by atoms with E-state index in [1.165, 1.54) is 0 Å². The summed E-state index contributed by atoms with van der Waals surface area (Å²) in [6.45, 7) is 0. The van der Waals surface area contributed by atoms with Crippen LogP contribution in [0.4, 0.5) is 0 Å². The van der Waals surface area contributed by atoms with Crippen LogP contribution in [0.5, 0.6) is 0 Å². The molecule has 0 amide bonds. The first kappa shape index (κ1) is 12.6. The van der Waals surface area contributed by atoms with Crippen molar-refractivity contribution in [3.05, 3.63) is 51.5 Å². The van der Waals surface area contributed by atoms with Crippen molar-refractivity contribution in [2.45, 2.75) is 12.5 Å². The predicted octanol–water partition coefficient (Wildman–Crippen LogP) is 3.11. The number of aromatic nitrogens is 2. The van der Waals surface area contributed by atoms with E-state index in [1.54, 1.807) is 17.8 Å². The zero-order valence-electron chi connectivity index (χ0n) is 9.27. The largest absolute Gasteiger partial charge is 0.385 e. The highest BCUT2D eigenvalue weighted by Gasteiger charge is 2.15. The monoisotopic (exact) mass is 314 g/mol. The van der Waals surface area contributed by atoms with Crippen LogP contribution in [0.15, 0.2) is 34.9 Å². The Hall–Kier alpha value is -0.840. The lowest BCUT2D eigenvalue weighted by molar-refractivity contribution is 0.165. The van der Waals surface area contributed by atoms with Crippen molar-refractivity contribution in [2.75, 3.05) is 0 Å². The number of aliphatic hydroxyl groups excluding tert-OH is 1. The number of nitrogens with zero attached hydrogens (tertiary/aromatic N) is 2. The van der Waals surface area contributed by atoms with Gasteiger partial charge in [0.1, 0.15) is 17.1 Å². The molecule has 0 aliphatic carbocycles. The molecule has 0 fully saturated rings. The van der Waals surface area contributed by atoms with Crippen LogP contribution in [-0.4, -0.2) is 14.7 Å². The van der Waals surface area contributed by atoms with E-state index in [2.05, 4.69) is 20.9 Å². The number of halogens is 2. The van der Waals surface area contributed by atoms with Gasteiger partial charge in [-0.15, -0.1) is 0 Å². The number of hydrogen-bond donors (Lipinski definition) is 1. The highest BCUT2D eigenvalue weighted by Crippen LogP contribution is 2.21. The molecule has 0 bridgehead atoms. The maximum absolute atomic E-state index is 10.1. The van der Waals surface area contributed by atoms with Crippen LogP contribution < -0.4 is 0 Å². The zero-order valence-corrected chi connectivity index (χ0v) is 11.6. The molecule has 0 radical (unpaired) electrons. The number of imidazole rings is 1. The Morgan fingerprint density at radius 1 is 1.53 bits per heavy atom. The summed E-state index contributed by atoms with van der Waals surface area (Å²) in [7, 11) is 1.79. The van der Waals surface area contributed by atoms with E-state index in [1.807, 2.05) is 24.3 Å². The average molecular weight is 316 g/mol. The van der Waals surface area contributed by atoms with Crippen LogP contribution in [0.25, 0.3) is 0 Å². The van der Waals surface area contributed by atoms with Crippen LogP contribution in [0.1, 0.15) is 17.5 Å². The van der Waals surface area contributed by atoms with Gasteiger partial charge in [0, 0.05) is 17.9 Å². The Labute approximate surface area is 113 Å². The van der Waals surface area contributed by atoms with E-state index >= 15 is 0 Å². The summed E-state index contributed by atoms with van der Waals surface area (Å²) in [5.74, 6) is 0.579. The molecule has 0 spiro atoms. The Morgan fingerprint density at radius 3 is 2.88 bits per heavy atom. The fraction of sp³-hybridized carbons (Fsp3) is 0.250. The number of aliphatic hydroxyl groups is 1. The van der Waals surface area contributed by atoms with Gasteiger partial charge in [-0.05, 0) is 17.7 Å². The Kier molecular flexibility index (Phi) is 3.86. The van der Waals surface area contributed by atoms with Crippen molar-refractivity contribution in [2.24, 2.45) is 7.05 Å². The molecule has 1 atom stereocenters. The van der Waals surface area contributed by atoms with Crippen LogP contribution in [0.2, 0.25) is 5.15 Å². The maximum Gasteiger partial charge on any atom is 0.138 e. The van der Waals surface area contributed by atoms with Gasteiger partial charge in [0.2, 0.25) is 0 Å². The molecular formula is C12H12BrClN2O. The Balaban J connectivity index is 2.17. The third-order valence-electron chi connectivity index (χ3n) is 2.58. The number of rotatable bonds is 3. The molecule has 5 heteroatoms. The summed E-state index contributed by atoms with van der Waals surface area (Å²) in [4.78, 5) is 4.10. The van der Waals surface area contributed by atoms with Gasteiger partial charge < -0.3 is 9.67 Å². The molecule has 2 aromatic rings. The minimum absolute atomic E-state index is 0.515. The molecule has 0 saturated carbocycles. The second-order valence-electron chi connectivity index (χ2n) is 3.85. The van der Waals surface area contributed by atoms with E-state index in [0.717, 1.165) is 10.0 Å². The molecule has 1 aromatic carbocycles. The van der Waals surface area contributed by atoms with Gasteiger partial charge in [-0.25, -0.2) is 4.98 Å². The molecule has 1 heterocycles. The van der Waals surface area contributed by atoms with Crippen molar-refractivity contribution in [1.82, 2.24) is 9.55 Å². The second-order valence-corrected chi connectivity index (χ2v) is 5.15. The average Bonchev–Trinajstić information content (AvgIpc) is 2.60. The van der Waals surface area contributed by atoms with Crippen LogP contribution in [0.3, 0.4) is 0 Å². The van der Waals surface area contributed by atoms with Gasteiger partial charge in [-0.1, -0.05) is 39.7 Å². The molecule has 1 N–H and O–H groups in total. The second kappa shape index (κ2) is 5.21. The minimum Gasteiger partial charge on any atom is -0.385 e. The first-order valence-electron chi connectivity index (χ1n) is 5.17. The number of benzene rings is 1. The van der Waals surface area contributed by atoms with Gasteiger partial charge in [0.25, 0.3) is 0 Å². The molecule has 1 aromatic heterocycles. The Morgan fingerprint density at radius 2 is 2.29 bits per heavy atom. The highest BCUT2D eigenvalue weighted by molar-refractivity contribution is 9.10. The summed E-state index contributed by atoms with van der Waals surface area (Å²) < 4.78 is 2.68. The van der Waals surface area contributed by atoms with Gasteiger partial charge in [-0.2, -0.15) is 0 Å². The molecule has 17 heavy (non-hydrogen) atoms. The normalized spacial score (nSPS) is 12.7. The third kappa shape index (κ3) is 2.89. The third-order valence-corrected chi connectivity index (χ3v) is 3.43. The first-order valence-corrected chi connectivity index (χ1v) is 6.34. The van der Waals surface area contributed by atoms with Crippen LogP contribution in [0, 0.1) is 0 Å². The smallest absolute Gasteiger partial charge is 0.138 e. The van der Waals surface area contributed by atoms with E-state index in [0.29, 0.717) is 17.4 Å². The van der Waals surface area contributed by atoms with Gasteiger partial charge in [0.05, 0.1) is 6.20 Å². The molecule has 90 valence electrons. The molecule has 1 unspecified atom stereocenters. The summed E-state index contributed by atoms with van der Waals surface area (Å²) in [6.07, 6.45) is 1.41. The fourth-order valence-corrected chi connectivity index (χ4v) is 2.27. The summed E-state index contributed by atoms with van der Waals surface area (Å²) in [6, 6.07) is 7.84. The zero-order chi connectivity index (χ0) is 12.4.